The number of hydrogen-bond acceptors (Lipinski definition) is 3. The van der Waals surface area contributed by atoms with Gasteiger partial charge in [0.2, 0.25) is 5.91 Å². The van der Waals surface area contributed by atoms with Crippen LogP contribution in [0.3, 0.4) is 0 Å². The summed E-state index contributed by atoms with van der Waals surface area (Å²) < 4.78 is 0. The van der Waals surface area contributed by atoms with Crippen molar-refractivity contribution in [3.8, 4) is 0 Å². The summed E-state index contributed by atoms with van der Waals surface area (Å²) in [6.07, 6.45) is 7.28. The van der Waals surface area contributed by atoms with E-state index < -0.39 is 0 Å². The molecule has 2 N–H and O–H groups in total. The van der Waals surface area contributed by atoms with Crippen molar-refractivity contribution in [2.24, 2.45) is 0 Å². The second-order valence-electron chi connectivity index (χ2n) is 7.27. The number of anilines is 3. The molecule has 4 nitrogen and oxygen atoms in total. The first-order valence-electron chi connectivity index (χ1n) is 10.2. The average Bonchev–Trinajstić information content (AvgIpc) is 2.72. The third kappa shape index (κ3) is 5.75. The molecule has 1 fully saturated rings. The van der Waals surface area contributed by atoms with E-state index in [9.17, 15) is 4.79 Å². The largest absolute Gasteiger partial charge is 0.374 e. The minimum atomic E-state index is -0.0234. The van der Waals surface area contributed by atoms with Gasteiger partial charge in [-0.1, -0.05) is 37.6 Å². The van der Waals surface area contributed by atoms with Gasteiger partial charge in [0.1, 0.15) is 0 Å². The Bertz CT molecular complexity index is 721. The van der Waals surface area contributed by atoms with Crippen LogP contribution in [0.15, 0.2) is 48.5 Å². The number of hydrogen-bond donors (Lipinski definition) is 2. The molecule has 3 rings (SSSR count). The molecule has 4 heteroatoms. The number of carbonyl (C=O) groups is 1. The molecule has 1 heterocycles. The maximum Gasteiger partial charge on any atom is 0.243 e. The molecule has 0 bridgehead atoms. The van der Waals surface area contributed by atoms with E-state index in [4.69, 9.17) is 0 Å². The molecular formula is C23H31N3O. The highest BCUT2D eigenvalue weighted by atomic mass is 16.1. The van der Waals surface area contributed by atoms with E-state index in [1.807, 2.05) is 18.2 Å². The normalized spacial score (nSPS) is 14.0. The molecule has 0 aromatic heterocycles. The van der Waals surface area contributed by atoms with Crippen molar-refractivity contribution in [2.75, 3.05) is 35.2 Å². The van der Waals surface area contributed by atoms with E-state index in [1.54, 1.807) is 0 Å². The van der Waals surface area contributed by atoms with Crippen LogP contribution in [0.1, 0.15) is 44.6 Å². The van der Waals surface area contributed by atoms with Crippen molar-refractivity contribution in [2.45, 2.75) is 45.4 Å². The topological polar surface area (TPSA) is 44.4 Å². The molecule has 0 saturated carbocycles. The highest BCUT2D eigenvalue weighted by molar-refractivity contribution is 5.94. The summed E-state index contributed by atoms with van der Waals surface area (Å²) in [6.45, 7) is 4.65. The Morgan fingerprint density at radius 1 is 1.00 bits per heavy atom. The van der Waals surface area contributed by atoms with Crippen LogP contribution in [-0.2, 0) is 11.2 Å². The van der Waals surface area contributed by atoms with Crippen molar-refractivity contribution in [1.82, 2.24) is 0 Å². The predicted octanol–water partition coefficient (Wildman–Crippen LogP) is 5.07. The van der Waals surface area contributed by atoms with E-state index in [-0.39, 0.29) is 12.5 Å². The van der Waals surface area contributed by atoms with Crippen molar-refractivity contribution < 1.29 is 4.79 Å². The van der Waals surface area contributed by atoms with Crippen molar-refractivity contribution >= 4 is 23.0 Å². The number of nitrogens with zero attached hydrogens (tertiary/aromatic N) is 1. The number of amides is 1. The zero-order chi connectivity index (χ0) is 18.9. The Morgan fingerprint density at radius 2 is 1.74 bits per heavy atom. The first-order valence-corrected chi connectivity index (χ1v) is 10.2. The molecular weight excluding hydrogens is 334 g/mol. The van der Waals surface area contributed by atoms with Crippen LogP contribution in [-0.4, -0.2) is 25.5 Å². The fourth-order valence-corrected chi connectivity index (χ4v) is 3.55. The van der Waals surface area contributed by atoms with E-state index in [2.05, 4.69) is 52.8 Å². The number of benzene rings is 2. The van der Waals surface area contributed by atoms with Crippen LogP contribution < -0.4 is 15.5 Å². The van der Waals surface area contributed by atoms with Crippen LogP contribution in [0.2, 0.25) is 0 Å². The number of aryl methyl sites for hydroxylation is 1. The van der Waals surface area contributed by atoms with Crippen LogP contribution in [0.25, 0.3) is 0 Å². The molecule has 1 saturated heterocycles. The Kier molecular flexibility index (Phi) is 7.14. The van der Waals surface area contributed by atoms with E-state index in [0.717, 1.165) is 30.9 Å². The summed E-state index contributed by atoms with van der Waals surface area (Å²) in [5.41, 5.74) is 4.41. The maximum atomic E-state index is 12.3. The van der Waals surface area contributed by atoms with Gasteiger partial charge in [-0.3, -0.25) is 4.79 Å². The third-order valence-corrected chi connectivity index (χ3v) is 5.10. The molecule has 1 aliphatic rings. The number of carbonyl (C=O) groups excluding carboxylic acids is 1. The van der Waals surface area contributed by atoms with Gasteiger partial charge in [0.05, 0.1) is 17.9 Å². The summed E-state index contributed by atoms with van der Waals surface area (Å²) >= 11 is 0. The summed E-state index contributed by atoms with van der Waals surface area (Å²) in [5.74, 6) is -0.0234. The molecule has 2 aromatic carbocycles. The van der Waals surface area contributed by atoms with E-state index in [0.29, 0.717) is 0 Å². The van der Waals surface area contributed by atoms with Crippen LogP contribution in [0, 0.1) is 0 Å². The number of nitrogens with one attached hydrogen (secondary N) is 2. The zero-order valence-corrected chi connectivity index (χ0v) is 16.3. The average molecular weight is 366 g/mol. The second-order valence-corrected chi connectivity index (χ2v) is 7.27. The van der Waals surface area contributed by atoms with Crippen LogP contribution in [0.4, 0.5) is 17.1 Å². The molecule has 144 valence electrons. The molecule has 27 heavy (non-hydrogen) atoms. The monoisotopic (exact) mass is 365 g/mol. The van der Waals surface area contributed by atoms with Crippen molar-refractivity contribution in [1.29, 1.82) is 0 Å². The lowest BCUT2D eigenvalue weighted by molar-refractivity contribution is -0.114. The highest BCUT2D eigenvalue weighted by Gasteiger charge is 2.14. The first-order chi connectivity index (χ1) is 13.3. The molecule has 0 aliphatic carbocycles. The number of para-hydroxylation sites is 2. The number of rotatable bonds is 8. The van der Waals surface area contributed by atoms with Gasteiger partial charge in [0, 0.05) is 18.8 Å². The van der Waals surface area contributed by atoms with E-state index >= 15 is 0 Å². The Morgan fingerprint density at radius 3 is 2.48 bits per heavy atom. The first kappa shape index (κ1) is 19.3. The lowest BCUT2D eigenvalue weighted by atomic mass is 10.1. The minimum absolute atomic E-state index is 0.0234. The second kappa shape index (κ2) is 10.0. The summed E-state index contributed by atoms with van der Waals surface area (Å²) in [4.78, 5) is 14.8. The Hall–Kier alpha value is -2.49. The summed E-state index contributed by atoms with van der Waals surface area (Å²) in [6, 6.07) is 16.5. The molecule has 2 aromatic rings. The smallest absolute Gasteiger partial charge is 0.243 e. The molecule has 0 atom stereocenters. The van der Waals surface area contributed by atoms with Gasteiger partial charge in [0.15, 0.2) is 0 Å². The van der Waals surface area contributed by atoms with Crippen molar-refractivity contribution in [3.05, 3.63) is 54.1 Å². The highest BCUT2D eigenvalue weighted by Crippen LogP contribution is 2.28. The SMILES string of the molecule is CCCCc1ccc(NC(=O)CNc2ccccc2N2CCCCC2)cc1. The molecule has 0 radical (unpaired) electrons. The molecule has 0 spiro atoms. The third-order valence-electron chi connectivity index (χ3n) is 5.10. The Labute approximate surface area is 163 Å². The summed E-state index contributed by atoms with van der Waals surface area (Å²) in [5, 5.41) is 6.30. The zero-order valence-electron chi connectivity index (χ0n) is 16.3. The number of unbranched alkanes of at least 4 members (excludes halogenated alkanes) is 1. The van der Waals surface area contributed by atoms with Gasteiger partial charge in [-0.25, -0.2) is 0 Å². The van der Waals surface area contributed by atoms with Gasteiger partial charge >= 0.3 is 0 Å². The van der Waals surface area contributed by atoms with Gasteiger partial charge in [-0.2, -0.15) is 0 Å². The number of piperidine rings is 1. The lowest BCUT2D eigenvalue weighted by Gasteiger charge is -2.30. The minimum Gasteiger partial charge on any atom is -0.374 e. The van der Waals surface area contributed by atoms with E-state index in [1.165, 1.54) is 43.4 Å². The van der Waals surface area contributed by atoms with Gasteiger partial charge in [-0.15, -0.1) is 0 Å². The van der Waals surface area contributed by atoms with Crippen molar-refractivity contribution in [3.63, 3.8) is 0 Å². The maximum absolute atomic E-state index is 12.3. The lowest BCUT2D eigenvalue weighted by Crippen LogP contribution is -2.30. The predicted molar refractivity (Wildman–Crippen MR) is 115 cm³/mol. The molecule has 0 unspecified atom stereocenters. The fourth-order valence-electron chi connectivity index (χ4n) is 3.55. The summed E-state index contributed by atoms with van der Waals surface area (Å²) in [7, 11) is 0. The molecule has 1 aliphatic heterocycles. The van der Waals surface area contributed by atoms with Gasteiger partial charge in [-0.05, 0) is 61.9 Å². The van der Waals surface area contributed by atoms with Crippen LogP contribution >= 0.6 is 0 Å². The van der Waals surface area contributed by atoms with Gasteiger partial charge in [0.25, 0.3) is 0 Å². The van der Waals surface area contributed by atoms with Gasteiger partial charge < -0.3 is 15.5 Å². The molecule has 1 amide bonds. The fraction of sp³-hybridized carbons (Fsp3) is 0.435. The van der Waals surface area contributed by atoms with Crippen LogP contribution in [0.5, 0.6) is 0 Å². The Balaban J connectivity index is 1.53. The quantitative estimate of drug-likeness (QED) is 0.686. The standard InChI is InChI=1S/C23H31N3O/c1-2-3-9-19-12-14-20(15-13-19)25-23(27)18-24-21-10-5-6-11-22(21)26-16-7-4-8-17-26/h5-6,10-15,24H,2-4,7-9,16-18H2,1H3,(H,25,27).